The SMILES string of the molecule is COCCO[C@@H]1C[C@@H](COP(OCCC#N)N(C(C)C)C(C)C)O[C@H]1n1ccc(NC(=O)c2ccccc2)nc1=O. The molecule has 1 aliphatic rings. The van der Waals surface area contributed by atoms with Crippen molar-refractivity contribution in [2.75, 3.05) is 38.9 Å². The van der Waals surface area contributed by atoms with Crippen molar-refractivity contribution in [3.8, 4) is 6.07 Å². The maximum Gasteiger partial charge on any atom is 0.351 e. The molecule has 12 nitrogen and oxygen atoms in total. The molecule has 2 aromatic rings. The first-order valence-electron chi connectivity index (χ1n) is 13.7. The van der Waals surface area contributed by atoms with Gasteiger partial charge in [0.1, 0.15) is 11.9 Å². The van der Waals surface area contributed by atoms with Crippen molar-refractivity contribution in [2.24, 2.45) is 0 Å². The maximum atomic E-state index is 13.0. The molecule has 1 unspecified atom stereocenters. The van der Waals surface area contributed by atoms with Gasteiger partial charge in [0.25, 0.3) is 14.4 Å². The predicted molar refractivity (Wildman–Crippen MR) is 154 cm³/mol. The van der Waals surface area contributed by atoms with Gasteiger partial charge >= 0.3 is 5.69 Å². The predicted octanol–water partition coefficient (Wildman–Crippen LogP) is 4.11. The monoisotopic (exact) mass is 589 g/mol. The number of aromatic nitrogens is 2. The van der Waals surface area contributed by atoms with E-state index in [1.165, 1.54) is 10.8 Å². The van der Waals surface area contributed by atoms with Gasteiger partial charge in [-0.2, -0.15) is 10.2 Å². The first kappa shape index (κ1) is 32.8. The first-order valence-corrected chi connectivity index (χ1v) is 14.8. The smallest absolute Gasteiger partial charge is 0.351 e. The number of carbonyl (C=O) groups excluding carboxylic acids is 1. The molecule has 1 amide bonds. The molecule has 1 saturated heterocycles. The zero-order chi connectivity index (χ0) is 29.8. The second-order valence-corrected chi connectivity index (χ2v) is 11.4. The Morgan fingerprint density at radius 1 is 1.17 bits per heavy atom. The molecule has 1 fully saturated rings. The molecule has 2 heterocycles. The van der Waals surface area contributed by atoms with Crippen molar-refractivity contribution in [3.63, 3.8) is 0 Å². The van der Waals surface area contributed by atoms with E-state index >= 15 is 0 Å². The molecule has 3 rings (SSSR count). The number of hydrogen-bond acceptors (Lipinski definition) is 10. The lowest BCUT2D eigenvalue weighted by molar-refractivity contribution is -0.0777. The summed E-state index contributed by atoms with van der Waals surface area (Å²) in [5.74, 6) is -0.229. The van der Waals surface area contributed by atoms with Crippen molar-refractivity contribution in [1.29, 1.82) is 5.26 Å². The van der Waals surface area contributed by atoms with Gasteiger partial charge in [-0.1, -0.05) is 18.2 Å². The molecule has 0 radical (unpaired) electrons. The van der Waals surface area contributed by atoms with Crippen molar-refractivity contribution in [2.45, 2.75) is 71.1 Å². The van der Waals surface area contributed by atoms with Crippen LogP contribution in [-0.2, 0) is 23.3 Å². The summed E-state index contributed by atoms with van der Waals surface area (Å²) in [6.45, 7) is 9.46. The molecule has 0 spiro atoms. The molecule has 4 atom stereocenters. The second-order valence-electron chi connectivity index (χ2n) is 9.95. The normalized spacial score (nSPS) is 19.5. The van der Waals surface area contributed by atoms with Gasteiger partial charge in [0.2, 0.25) is 0 Å². The molecule has 0 aliphatic carbocycles. The zero-order valence-corrected chi connectivity index (χ0v) is 25.2. The van der Waals surface area contributed by atoms with Crippen molar-refractivity contribution in [3.05, 3.63) is 58.6 Å². The van der Waals surface area contributed by atoms with E-state index in [1.807, 2.05) is 6.07 Å². The van der Waals surface area contributed by atoms with Gasteiger partial charge in [-0.25, -0.2) is 9.46 Å². The van der Waals surface area contributed by atoms with E-state index in [0.717, 1.165) is 0 Å². The van der Waals surface area contributed by atoms with E-state index in [-0.39, 0.29) is 49.5 Å². The maximum absolute atomic E-state index is 13.0. The summed E-state index contributed by atoms with van der Waals surface area (Å²) in [5.41, 5.74) is -0.132. The number of rotatable bonds is 16. The fraction of sp³-hybridized carbons (Fsp3) is 0.571. The highest BCUT2D eigenvalue weighted by atomic mass is 31.2. The van der Waals surface area contributed by atoms with Gasteiger partial charge in [-0.3, -0.25) is 9.36 Å². The molecular formula is C28H40N5O7P. The van der Waals surface area contributed by atoms with Crippen LogP contribution in [-0.4, -0.2) is 78.0 Å². The summed E-state index contributed by atoms with van der Waals surface area (Å²) in [6, 6.07) is 12.7. The third kappa shape index (κ3) is 9.65. The Balaban J connectivity index is 1.73. The number of hydrogen-bond donors (Lipinski definition) is 1. The largest absolute Gasteiger partial charge is 0.382 e. The van der Waals surface area contributed by atoms with Gasteiger partial charge in [0.15, 0.2) is 6.23 Å². The van der Waals surface area contributed by atoms with Gasteiger partial charge in [0, 0.05) is 37.4 Å². The number of ether oxygens (including phenoxy) is 3. The van der Waals surface area contributed by atoms with Crippen molar-refractivity contribution in [1.82, 2.24) is 14.2 Å². The Labute approximate surface area is 242 Å². The highest BCUT2D eigenvalue weighted by Crippen LogP contribution is 2.47. The van der Waals surface area contributed by atoms with Crippen LogP contribution >= 0.6 is 8.53 Å². The Morgan fingerprint density at radius 2 is 1.90 bits per heavy atom. The molecule has 1 aromatic carbocycles. The quantitative estimate of drug-likeness (QED) is 0.225. The van der Waals surface area contributed by atoms with Crippen LogP contribution in [0.1, 0.15) is 57.1 Å². The third-order valence-corrected chi connectivity index (χ3v) is 8.25. The molecule has 13 heteroatoms. The summed E-state index contributed by atoms with van der Waals surface area (Å²) in [5, 5.41) is 11.6. The first-order chi connectivity index (χ1) is 19.7. The van der Waals surface area contributed by atoms with Gasteiger partial charge in [0.05, 0.1) is 45.0 Å². The minimum atomic E-state index is -1.45. The van der Waals surface area contributed by atoms with E-state index in [0.29, 0.717) is 25.2 Å². The van der Waals surface area contributed by atoms with Crippen LogP contribution in [0.4, 0.5) is 5.82 Å². The summed E-state index contributed by atoms with van der Waals surface area (Å²) >= 11 is 0. The lowest BCUT2D eigenvalue weighted by atomic mass is 10.2. The van der Waals surface area contributed by atoms with E-state index in [4.69, 9.17) is 28.5 Å². The number of anilines is 1. The number of nitrogens with zero attached hydrogens (tertiary/aromatic N) is 4. The van der Waals surface area contributed by atoms with Gasteiger partial charge in [-0.15, -0.1) is 0 Å². The fourth-order valence-electron chi connectivity index (χ4n) is 4.42. The molecular weight excluding hydrogens is 549 g/mol. The molecule has 0 bridgehead atoms. The van der Waals surface area contributed by atoms with Crippen LogP contribution in [0.3, 0.4) is 0 Å². The molecule has 1 N–H and O–H groups in total. The van der Waals surface area contributed by atoms with Crippen molar-refractivity contribution >= 4 is 20.3 Å². The average molecular weight is 590 g/mol. The highest BCUT2D eigenvalue weighted by molar-refractivity contribution is 7.44. The molecule has 224 valence electrons. The lowest BCUT2D eigenvalue weighted by Gasteiger charge is -2.35. The van der Waals surface area contributed by atoms with E-state index in [9.17, 15) is 9.59 Å². The summed E-state index contributed by atoms with van der Waals surface area (Å²) in [6.07, 6.45) is 0.673. The molecule has 0 saturated carbocycles. The zero-order valence-electron chi connectivity index (χ0n) is 24.3. The number of benzene rings is 1. The summed E-state index contributed by atoms with van der Waals surface area (Å²) in [4.78, 5) is 29.6. The fourth-order valence-corrected chi connectivity index (χ4v) is 6.05. The van der Waals surface area contributed by atoms with Crippen LogP contribution in [0.5, 0.6) is 0 Å². The highest BCUT2D eigenvalue weighted by Gasteiger charge is 2.39. The van der Waals surface area contributed by atoms with Crippen LogP contribution in [0, 0.1) is 11.3 Å². The van der Waals surface area contributed by atoms with E-state index in [1.54, 1.807) is 37.4 Å². The van der Waals surface area contributed by atoms with E-state index in [2.05, 4.69) is 48.7 Å². The van der Waals surface area contributed by atoms with Crippen LogP contribution in [0.15, 0.2) is 47.4 Å². The van der Waals surface area contributed by atoms with Crippen LogP contribution in [0.25, 0.3) is 0 Å². The average Bonchev–Trinajstić information content (AvgIpc) is 3.34. The van der Waals surface area contributed by atoms with Gasteiger partial charge in [-0.05, 0) is 45.9 Å². The summed E-state index contributed by atoms with van der Waals surface area (Å²) in [7, 11) is 0.141. The molecule has 1 aromatic heterocycles. The summed E-state index contributed by atoms with van der Waals surface area (Å²) < 4.78 is 33.2. The van der Waals surface area contributed by atoms with Crippen molar-refractivity contribution < 1.29 is 28.1 Å². The Morgan fingerprint density at radius 3 is 2.54 bits per heavy atom. The Bertz CT molecular complexity index is 1180. The number of nitrogens with one attached hydrogen (secondary N) is 1. The second kappa shape index (κ2) is 16.6. The standard InChI is InChI=1S/C28H40N5O7P/c1-20(2)33(21(3)4)41(38-15-9-13-29)39-19-23-18-24(37-17-16-36-5)27(40-23)32-14-12-25(31-28(32)35)30-26(34)22-10-7-6-8-11-22/h6-8,10-12,14,20-21,23-24,27H,9,15-19H2,1-5H3,(H,30,31,34,35)/t23-,24+,27+,41?/m0/s1. The molecule has 1 aliphatic heterocycles. The topological polar surface area (TPSA) is 137 Å². The van der Waals surface area contributed by atoms with E-state index < -0.39 is 26.5 Å². The molecule has 41 heavy (non-hydrogen) atoms. The number of methoxy groups -OCH3 is 1. The van der Waals surface area contributed by atoms with Crippen LogP contribution in [0.2, 0.25) is 0 Å². The minimum absolute atomic E-state index is 0.137. The lowest BCUT2D eigenvalue weighted by Crippen LogP contribution is -2.34. The third-order valence-electron chi connectivity index (χ3n) is 6.18. The van der Waals surface area contributed by atoms with Gasteiger partial charge < -0.3 is 28.6 Å². The number of carbonyl (C=O) groups is 1. The Kier molecular flexibility index (Phi) is 13.3. The Hall–Kier alpha value is -2.75. The number of nitriles is 1. The number of amides is 1. The van der Waals surface area contributed by atoms with Crippen LogP contribution < -0.4 is 11.0 Å². The minimum Gasteiger partial charge on any atom is -0.382 e.